The smallest absolute Gasteiger partial charge is 0.358 e. The van der Waals surface area contributed by atoms with Crippen LogP contribution in [0.1, 0.15) is 17.4 Å². The molecule has 0 aliphatic carbocycles. The molecule has 0 unspecified atom stereocenters. The van der Waals surface area contributed by atoms with Crippen molar-refractivity contribution < 1.29 is 14.3 Å². The first-order valence-corrected chi connectivity index (χ1v) is 3.68. The van der Waals surface area contributed by atoms with Crippen molar-refractivity contribution in [3.8, 4) is 5.75 Å². The summed E-state index contributed by atoms with van der Waals surface area (Å²) in [6.07, 6.45) is 1.64. The highest BCUT2D eigenvalue weighted by Gasteiger charge is 2.13. The summed E-state index contributed by atoms with van der Waals surface area (Å²) in [5.41, 5.74) is 0.361. The van der Waals surface area contributed by atoms with Crippen LogP contribution in [0.15, 0.2) is 12.3 Å². The summed E-state index contributed by atoms with van der Waals surface area (Å²) in [4.78, 5) is 13.8. The molecule has 1 rings (SSSR count). The van der Waals surface area contributed by atoms with E-state index < -0.39 is 5.97 Å². The highest BCUT2D eigenvalue weighted by atomic mass is 16.5. The zero-order valence-corrected chi connectivity index (χ0v) is 7.09. The van der Waals surface area contributed by atoms with Crippen LogP contribution in [-0.4, -0.2) is 24.7 Å². The van der Waals surface area contributed by atoms with Gasteiger partial charge in [-0.2, -0.15) is 0 Å². The Morgan fingerprint density at radius 2 is 2.42 bits per heavy atom. The molecule has 0 aliphatic rings. The predicted molar refractivity (Wildman–Crippen MR) is 43.3 cm³/mol. The molecule has 1 heterocycles. The zero-order chi connectivity index (χ0) is 8.97. The van der Waals surface area contributed by atoms with Gasteiger partial charge in [-0.15, -0.1) is 0 Å². The molecule has 0 fully saturated rings. The topological polar surface area (TPSA) is 51.3 Å². The number of hydrogen-bond donors (Lipinski definition) is 1. The molecule has 0 atom stereocenters. The maximum absolute atomic E-state index is 11.0. The van der Waals surface area contributed by atoms with Gasteiger partial charge >= 0.3 is 5.97 Å². The van der Waals surface area contributed by atoms with Gasteiger partial charge in [0, 0.05) is 6.20 Å². The van der Waals surface area contributed by atoms with Gasteiger partial charge in [-0.05, 0) is 13.0 Å². The molecule has 0 aromatic carbocycles. The molecule has 1 aromatic rings. The Hall–Kier alpha value is -1.45. The third kappa shape index (κ3) is 1.58. The minimum Gasteiger partial charge on any atom is -0.491 e. The lowest BCUT2D eigenvalue weighted by atomic mass is 10.4. The average molecular weight is 169 g/mol. The number of nitrogens with one attached hydrogen (secondary N) is 1. The van der Waals surface area contributed by atoms with Crippen LogP contribution in [0.3, 0.4) is 0 Å². The Kier molecular flexibility index (Phi) is 2.74. The molecule has 1 aromatic heterocycles. The van der Waals surface area contributed by atoms with Gasteiger partial charge in [0.25, 0.3) is 0 Å². The van der Waals surface area contributed by atoms with Crippen molar-refractivity contribution in [2.45, 2.75) is 6.92 Å². The molecule has 0 aliphatic heterocycles. The van der Waals surface area contributed by atoms with Crippen molar-refractivity contribution in [3.63, 3.8) is 0 Å². The second-order valence-corrected chi connectivity index (χ2v) is 2.14. The first kappa shape index (κ1) is 8.64. The fraction of sp³-hybridized carbons (Fsp3) is 0.375. The summed E-state index contributed by atoms with van der Waals surface area (Å²) in [6, 6.07) is 1.69. The van der Waals surface area contributed by atoms with Gasteiger partial charge < -0.3 is 14.5 Å². The Morgan fingerprint density at radius 3 is 3.00 bits per heavy atom. The lowest BCUT2D eigenvalue weighted by molar-refractivity contribution is 0.0590. The number of hydrogen-bond acceptors (Lipinski definition) is 3. The van der Waals surface area contributed by atoms with Crippen LogP contribution in [0.5, 0.6) is 5.75 Å². The molecular formula is C8H11NO3. The van der Waals surface area contributed by atoms with E-state index in [0.717, 1.165) is 0 Å². The predicted octanol–water partition coefficient (Wildman–Crippen LogP) is 1.20. The maximum Gasteiger partial charge on any atom is 0.358 e. The zero-order valence-electron chi connectivity index (χ0n) is 7.09. The molecule has 4 heteroatoms. The summed E-state index contributed by atoms with van der Waals surface area (Å²) in [5.74, 6) is 0.118. The lowest BCUT2D eigenvalue weighted by Gasteiger charge is -2.01. The average Bonchev–Trinajstić information content (AvgIpc) is 2.52. The van der Waals surface area contributed by atoms with Crippen LogP contribution in [0.25, 0.3) is 0 Å². The van der Waals surface area contributed by atoms with E-state index in [1.165, 1.54) is 7.11 Å². The van der Waals surface area contributed by atoms with E-state index in [4.69, 9.17) is 4.74 Å². The third-order valence-corrected chi connectivity index (χ3v) is 1.40. The van der Waals surface area contributed by atoms with Crippen LogP contribution < -0.4 is 4.74 Å². The summed E-state index contributed by atoms with van der Waals surface area (Å²) >= 11 is 0. The van der Waals surface area contributed by atoms with Gasteiger partial charge in [0.1, 0.15) is 0 Å². The van der Waals surface area contributed by atoms with Gasteiger partial charge in [-0.3, -0.25) is 0 Å². The Balaban J connectivity index is 2.83. The van der Waals surface area contributed by atoms with Crippen molar-refractivity contribution in [2.24, 2.45) is 0 Å². The number of esters is 1. The molecular weight excluding hydrogens is 158 g/mol. The number of carbonyl (C=O) groups excluding carboxylic acids is 1. The number of H-pyrrole nitrogens is 1. The number of rotatable bonds is 3. The Labute approximate surface area is 70.5 Å². The Morgan fingerprint density at radius 1 is 1.67 bits per heavy atom. The summed E-state index contributed by atoms with van der Waals surface area (Å²) in [7, 11) is 1.33. The number of methoxy groups -OCH3 is 1. The summed E-state index contributed by atoms with van der Waals surface area (Å²) in [5, 5.41) is 0. The molecule has 0 radical (unpaired) electrons. The van der Waals surface area contributed by atoms with Crippen LogP contribution in [0.2, 0.25) is 0 Å². The molecule has 66 valence electrons. The van der Waals surface area contributed by atoms with Gasteiger partial charge in [-0.1, -0.05) is 0 Å². The van der Waals surface area contributed by atoms with E-state index in [-0.39, 0.29) is 0 Å². The minimum atomic E-state index is -0.413. The number of aromatic amines is 1. The number of ether oxygens (including phenoxy) is 2. The molecule has 0 amide bonds. The molecule has 4 nitrogen and oxygen atoms in total. The number of carbonyl (C=O) groups is 1. The second kappa shape index (κ2) is 3.80. The molecule has 0 bridgehead atoms. The van der Waals surface area contributed by atoms with E-state index in [0.29, 0.717) is 18.1 Å². The fourth-order valence-corrected chi connectivity index (χ4v) is 0.893. The largest absolute Gasteiger partial charge is 0.491 e. The van der Waals surface area contributed by atoms with E-state index in [1.54, 1.807) is 12.3 Å². The van der Waals surface area contributed by atoms with Crippen LogP contribution in [-0.2, 0) is 4.74 Å². The fourth-order valence-electron chi connectivity index (χ4n) is 0.893. The van der Waals surface area contributed by atoms with E-state index in [2.05, 4.69) is 9.72 Å². The maximum atomic E-state index is 11.0. The van der Waals surface area contributed by atoms with Gasteiger partial charge in [0.05, 0.1) is 13.7 Å². The van der Waals surface area contributed by atoms with Crippen molar-refractivity contribution in [3.05, 3.63) is 18.0 Å². The lowest BCUT2D eigenvalue weighted by Crippen LogP contribution is -2.04. The third-order valence-electron chi connectivity index (χ3n) is 1.40. The molecule has 1 N–H and O–H groups in total. The molecule has 0 saturated heterocycles. The first-order chi connectivity index (χ1) is 5.79. The summed E-state index contributed by atoms with van der Waals surface area (Å²) < 4.78 is 9.70. The van der Waals surface area contributed by atoms with E-state index >= 15 is 0 Å². The molecule has 0 saturated carbocycles. The minimum absolute atomic E-state index is 0.361. The molecule has 0 spiro atoms. The summed E-state index contributed by atoms with van der Waals surface area (Å²) in [6.45, 7) is 2.38. The SMILES string of the molecule is CCOc1cc[nH]c1C(=O)OC. The van der Waals surface area contributed by atoms with Crippen LogP contribution >= 0.6 is 0 Å². The second-order valence-electron chi connectivity index (χ2n) is 2.14. The van der Waals surface area contributed by atoms with Crippen molar-refractivity contribution in [1.29, 1.82) is 0 Å². The normalized spacial score (nSPS) is 9.50. The number of aromatic nitrogens is 1. The van der Waals surface area contributed by atoms with Crippen molar-refractivity contribution in [2.75, 3.05) is 13.7 Å². The first-order valence-electron chi connectivity index (χ1n) is 3.68. The van der Waals surface area contributed by atoms with Gasteiger partial charge in [0.2, 0.25) is 0 Å². The van der Waals surface area contributed by atoms with Crippen LogP contribution in [0, 0.1) is 0 Å². The Bertz CT molecular complexity index is 267. The van der Waals surface area contributed by atoms with Crippen molar-refractivity contribution in [1.82, 2.24) is 4.98 Å². The monoisotopic (exact) mass is 169 g/mol. The van der Waals surface area contributed by atoms with Crippen molar-refractivity contribution >= 4 is 5.97 Å². The van der Waals surface area contributed by atoms with E-state index in [1.807, 2.05) is 6.92 Å². The van der Waals surface area contributed by atoms with E-state index in [9.17, 15) is 4.79 Å². The van der Waals surface area contributed by atoms with Gasteiger partial charge in [0.15, 0.2) is 11.4 Å². The molecule has 12 heavy (non-hydrogen) atoms. The quantitative estimate of drug-likeness (QED) is 0.691. The highest BCUT2D eigenvalue weighted by Crippen LogP contribution is 2.16. The highest BCUT2D eigenvalue weighted by molar-refractivity contribution is 5.90. The van der Waals surface area contributed by atoms with Crippen LogP contribution in [0.4, 0.5) is 0 Å². The van der Waals surface area contributed by atoms with Gasteiger partial charge in [-0.25, -0.2) is 4.79 Å². The standard InChI is InChI=1S/C8H11NO3/c1-3-12-6-4-5-9-7(6)8(10)11-2/h4-5,9H,3H2,1-2H3.